The molecule has 2 aromatic rings. The largest absolute Gasteiger partial charge is 0.469 e. The second-order valence-electron chi connectivity index (χ2n) is 3.66. The zero-order valence-corrected chi connectivity index (χ0v) is 11.0. The highest BCUT2D eigenvalue weighted by atomic mass is 32.1. The fraction of sp³-hybridized carbons (Fsp3) is 0.231. The second-order valence-corrected chi connectivity index (χ2v) is 4.69. The monoisotopic (exact) mass is 275 g/mol. The van der Waals surface area contributed by atoms with Gasteiger partial charge in [-0.15, -0.1) is 0 Å². The number of carbonyl (C=O) groups excluding carboxylic acids is 1. The van der Waals surface area contributed by atoms with Gasteiger partial charge in [0.1, 0.15) is 5.76 Å². The van der Waals surface area contributed by atoms with Gasteiger partial charge in [0.2, 0.25) is 5.91 Å². The van der Waals surface area contributed by atoms with Crippen molar-refractivity contribution < 1.29 is 9.21 Å². The van der Waals surface area contributed by atoms with Gasteiger partial charge in [-0.25, -0.2) is 4.98 Å². The number of nitrogens with one attached hydrogen (secondary N) is 1. The van der Waals surface area contributed by atoms with Gasteiger partial charge in [-0.2, -0.15) is 0 Å². The van der Waals surface area contributed by atoms with Crippen molar-refractivity contribution in [2.75, 3.05) is 11.9 Å². The zero-order valence-electron chi connectivity index (χ0n) is 10.2. The molecule has 0 saturated carbocycles. The maximum atomic E-state index is 11.7. The fourth-order valence-corrected chi connectivity index (χ4v) is 2.11. The summed E-state index contributed by atoms with van der Waals surface area (Å²) in [6.07, 6.45) is 4.15. The van der Waals surface area contributed by atoms with E-state index in [1.165, 1.54) is 11.3 Å². The molecule has 19 heavy (non-hydrogen) atoms. The van der Waals surface area contributed by atoms with Crippen LogP contribution in [0.1, 0.15) is 17.1 Å². The number of aromatic nitrogens is 1. The quantitative estimate of drug-likeness (QED) is 0.831. The highest BCUT2D eigenvalue weighted by Crippen LogP contribution is 2.17. The van der Waals surface area contributed by atoms with E-state index >= 15 is 0 Å². The number of anilines is 1. The smallest absolute Gasteiger partial charge is 0.226 e. The minimum absolute atomic E-state index is 0.0934. The molecular weight excluding hydrogens is 262 g/mol. The highest BCUT2D eigenvalue weighted by molar-refractivity contribution is 7.16. The Kier molecular flexibility index (Phi) is 4.72. The van der Waals surface area contributed by atoms with Gasteiger partial charge in [-0.1, -0.05) is 23.2 Å². The molecular formula is C13H13N3O2S. The molecule has 0 aliphatic heterocycles. The average Bonchev–Trinajstić information content (AvgIpc) is 3.05. The Labute approximate surface area is 114 Å². The van der Waals surface area contributed by atoms with E-state index < -0.39 is 0 Å². The number of hydrogen-bond donors (Lipinski definition) is 2. The van der Waals surface area contributed by atoms with Crippen molar-refractivity contribution in [2.24, 2.45) is 5.73 Å². The molecule has 0 aliphatic rings. The van der Waals surface area contributed by atoms with Crippen molar-refractivity contribution in [3.8, 4) is 11.8 Å². The molecule has 3 N–H and O–H groups in total. The Morgan fingerprint density at radius 2 is 2.47 bits per heavy atom. The number of nitrogens with zero attached hydrogens (tertiary/aromatic N) is 1. The Bertz CT molecular complexity index is 593. The van der Waals surface area contributed by atoms with Crippen molar-refractivity contribution in [2.45, 2.75) is 12.8 Å². The third-order valence-electron chi connectivity index (χ3n) is 2.24. The standard InChI is InChI=1S/C13H13N3O2S/c14-7-1-4-11-9-15-13(19-11)16-12(17)6-5-10-3-2-8-18-10/h2-3,8-9H,5-7,14H2,(H,15,16,17). The topological polar surface area (TPSA) is 81.1 Å². The van der Waals surface area contributed by atoms with Crippen LogP contribution in [-0.4, -0.2) is 17.4 Å². The fourth-order valence-electron chi connectivity index (χ4n) is 1.40. The molecule has 0 bridgehead atoms. The lowest BCUT2D eigenvalue weighted by Gasteiger charge is -1.99. The molecule has 0 fully saturated rings. The van der Waals surface area contributed by atoms with Gasteiger partial charge in [-0.3, -0.25) is 4.79 Å². The van der Waals surface area contributed by atoms with E-state index in [4.69, 9.17) is 10.2 Å². The molecule has 0 radical (unpaired) electrons. The van der Waals surface area contributed by atoms with E-state index in [1.807, 2.05) is 6.07 Å². The molecule has 0 aliphatic carbocycles. The average molecular weight is 275 g/mol. The summed E-state index contributed by atoms with van der Waals surface area (Å²) in [6, 6.07) is 3.65. The van der Waals surface area contributed by atoms with Crippen molar-refractivity contribution in [1.82, 2.24) is 4.98 Å². The number of thiazole rings is 1. The Morgan fingerprint density at radius 3 is 3.21 bits per heavy atom. The molecule has 0 spiro atoms. The van der Waals surface area contributed by atoms with E-state index in [0.29, 0.717) is 24.5 Å². The number of rotatable bonds is 4. The van der Waals surface area contributed by atoms with Crippen LogP contribution in [0.2, 0.25) is 0 Å². The van der Waals surface area contributed by atoms with Gasteiger partial charge in [0.15, 0.2) is 5.13 Å². The minimum atomic E-state index is -0.0934. The van der Waals surface area contributed by atoms with E-state index in [1.54, 1.807) is 18.5 Å². The maximum Gasteiger partial charge on any atom is 0.226 e. The predicted molar refractivity (Wildman–Crippen MR) is 73.7 cm³/mol. The normalized spacial score (nSPS) is 9.74. The van der Waals surface area contributed by atoms with Gasteiger partial charge >= 0.3 is 0 Å². The van der Waals surface area contributed by atoms with Crippen LogP contribution in [0, 0.1) is 11.8 Å². The summed E-state index contributed by atoms with van der Waals surface area (Å²) in [7, 11) is 0. The van der Waals surface area contributed by atoms with E-state index in [2.05, 4.69) is 22.1 Å². The summed E-state index contributed by atoms with van der Waals surface area (Å²) < 4.78 is 5.16. The summed E-state index contributed by atoms with van der Waals surface area (Å²) in [6.45, 7) is 0.308. The second kappa shape index (κ2) is 6.73. The SMILES string of the molecule is NCC#Cc1cnc(NC(=O)CCc2ccco2)s1. The molecule has 0 atom stereocenters. The first kappa shape index (κ1) is 13.3. The Hall–Kier alpha value is -2.10. The van der Waals surface area contributed by atoms with Crippen LogP contribution in [-0.2, 0) is 11.2 Å². The van der Waals surface area contributed by atoms with Gasteiger partial charge in [0.25, 0.3) is 0 Å². The summed E-state index contributed by atoms with van der Waals surface area (Å²) in [5.41, 5.74) is 5.28. The summed E-state index contributed by atoms with van der Waals surface area (Å²) in [5.74, 6) is 6.31. The Morgan fingerprint density at radius 1 is 1.58 bits per heavy atom. The van der Waals surface area contributed by atoms with E-state index in [-0.39, 0.29) is 5.91 Å². The van der Waals surface area contributed by atoms with E-state index in [9.17, 15) is 4.79 Å². The summed E-state index contributed by atoms with van der Waals surface area (Å²) in [5, 5.41) is 3.28. The van der Waals surface area contributed by atoms with Gasteiger partial charge in [0, 0.05) is 12.8 Å². The molecule has 2 aromatic heterocycles. The van der Waals surface area contributed by atoms with Crippen LogP contribution in [0.3, 0.4) is 0 Å². The molecule has 2 heterocycles. The van der Waals surface area contributed by atoms with Crippen LogP contribution in [0.25, 0.3) is 0 Å². The molecule has 5 nitrogen and oxygen atoms in total. The first-order valence-electron chi connectivity index (χ1n) is 5.75. The van der Waals surface area contributed by atoms with Gasteiger partial charge in [-0.05, 0) is 12.1 Å². The third-order valence-corrected chi connectivity index (χ3v) is 3.07. The lowest BCUT2D eigenvalue weighted by Crippen LogP contribution is -2.11. The molecule has 1 amide bonds. The molecule has 0 aromatic carbocycles. The minimum Gasteiger partial charge on any atom is -0.469 e. The number of carbonyl (C=O) groups is 1. The van der Waals surface area contributed by atoms with Crippen molar-refractivity contribution in [1.29, 1.82) is 0 Å². The lowest BCUT2D eigenvalue weighted by atomic mass is 10.2. The lowest BCUT2D eigenvalue weighted by molar-refractivity contribution is -0.116. The Balaban J connectivity index is 1.83. The first-order valence-corrected chi connectivity index (χ1v) is 6.56. The maximum absolute atomic E-state index is 11.7. The zero-order chi connectivity index (χ0) is 13.5. The van der Waals surface area contributed by atoms with Crippen LogP contribution < -0.4 is 11.1 Å². The van der Waals surface area contributed by atoms with Crippen molar-refractivity contribution in [3.63, 3.8) is 0 Å². The first-order chi connectivity index (χ1) is 9.28. The van der Waals surface area contributed by atoms with Crippen LogP contribution in [0.15, 0.2) is 29.0 Å². The van der Waals surface area contributed by atoms with Crippen LogP contribution in [0.5, 0.6) is 0 Å². The van der Waals surface area contributed by atoms with Gasteiger partial charge < -0.3 is 15.5 Å². The van der Waals surface area contributed by atoms with Crippen LogP contribution in [0.4, 0.5) is 5.13 Å². The predicted octanol–water partition coefficient (Wildman–Crippen LogP) is 1.62. The van der Waals surface area contributed by atoms with Crippen LogP contribution >= 0.6 is 11.3 Å². The number of hydrogen-bond acceptors (Lipinski definition) is 5. The van der Waals surface area contributed by atoms with E-state index in [0.717, 1.165) is 10.6 Å². The number of aryl methyl sites for hydroxylation is 1. The molecule has 98 valence electrons. The van der Waals surface area contributed by atoms with Crippen molar-refractivity contribution in [3.05, 3.63) is 35.2 Å². The molecule has 0 saturated heterocycles. The molecule has 2 rings (SSSR count). The molecule has 0 unspecified atom stereocenters. The van der Waals surface area contributed by atoms with Gasteiger partial charge in [0.05, 0.1) is 23.9 Å². The highest BCUT2D eigenvalue weighted by Gasteiger charge is 2.07. The third kappa shape index (κ3) is 4.25. The summed E-state index contributed by atoms with van der Waals surface area (Å²) in [4.78, 5) is 16.5. The van der Waals surface area contributed by atoms with Crippen molar-refractivity contribution >= 4 is 22.4 Å². The molecule has 6 heteroatoms. The number of furan rings is 1. The number of amides is 1. The summed E-state index contributed by atoms with van der Waals surface area (Å²) >= 11 is 1.33. The number of nitrogens with two attached hydrogens (primary N) is 1.